The number of hydrogen-bond acceptors (Lipinski definition) is 4. The molecule has 3 aromatic rings. The Morgan fingerprint density at radius 1 is 1.25 bits per heavy atom. The van der Waals surface area contributed by atoms with Gasteiger partial charge in [0.2, 0.25) is 0 Å². The molecule has 0 spiro atoms. The van der Waals surface area contributed by atoms with E-state index in [0.29, 0.717) is 23.3 Å². The Morgan fingerprint density at radius 2 is 2.05 bits per heavy atom. The molecule has 0 aliphatic rings. The maximum Gasteiger partial charge on any atom is 0.257 e. The van der Waals surface area contributed by atoms with Crippen LogP contribution in [0.25, 0.3) is 11.5 Å². The SMILES string of the molecule is CCc1nccn1Cc1noc(-c2ccc(Cl)cc2)n1. The molecule has 2 aromatic heterocycles. The molecule has 1 aromatic carbocycles. The van der Waals surface area contributed by atoms with Gasteiger partial charge in [-0.2, -0.15) is 4.98 Å². The van der Waals surface area contributed by atoms with Gasteiger partial charge in [0.25, 0.3) is 5.89 Å². The average Bonchev–Trinajstić information content (AvgIpc) is 3.09. The van der Waals surface area contributed by atoms with E-state index in [-0.39, 0.29) is 0 Å². The second-order valence-electron chi connectivity index (χ2n) is 4.35. The molecule has 0 atom stereocenters. The predicted octanol–water partition coefficient (Wildman–Crippen LogP) is 3.20. The van der Waals surface area contributed by atoms with E-state index >= 15 is 0 Å². The van der Waals surface area contributed by atoms with Crippen LogP contribution in [0.3, 0.4) is 0 Å². The van der Waals surface area contributed by atoms with Gasteiger partial charge in [-0.25, -0.2) is 4.98 Å². The monoisotopic (exact) mass is 288 g/mol. The molecule has 0 unspecified atom stereocenters. The quantitative estimate of drug-likeness (QED) is 0.740. The Balaban J connectivity index is 1.82. The van der Waals surface area contributed by atoms with E-state index in [1.54, 1.807) is 18.3 Å². The van der Waals surface area contributed by atoms with Crippen molar-refractivity contribution in [3.8, 4) is 11.5 Å². The van der Waals surface area contributed by atoms with Crippen LogP contribution in [0.2, 0.25) is 5.02 Å². The van der Waals surface area contributed by atoms with E-state index in [0.717, 1.165) is 17.8 Å². The Bertz CT molecular complexity index is 702. The maximum atomic E-state index is 5.86. The third-order valence-electron chi connectivity index (χ3n) is 2.99. The minimum absolute atomic E-state index is 0.495. The molecule has 0 aliphatic heterocycles. The Morgan fingerprint density at radius 3 is 2.80 bits per heavy atom. The highest BCUT2D eigenvalue weighted by Crippen LogP contribution is 2.19. The summed E-state index contributed by atoms with van der Waals surface area (Å²) >= 11 is 5.86. The molecule has 6 heteroatoms. The molecule has 0 saturated carbocycles. The lowest BCUT2D eigenvalue weighted by atomic mass is 10.2. The molecule has 2 heterocycles. The number of imidazole rings is 1. The van der Waals surface area contributed by atoms with Crippen molar-refractivity contribution in [1.29, 1.82) is 0 Å². The van der Waals surface area contributed by atoms with Gasteiger partial charge in [-0.3, -0.25) is 0 Å². The lowest BCUT2D eigenvalue weighted by Gasteiger charge is -2.01. The third-order valence-corrected chi connectivity index (χ3v) is 3.24. The summed E-state index contributed by atoms with van der Waals surface area (Å²) in [5, 5.41) is 4.68. The fraction of sp³-hybridized carbons (Fsp3) is 0.214. The lowest BCUT2D eigenvalue weighted by molar-refractivity contribution is 0.420. The molecule has 0 amide bonds. The fourth-order valence-electron chi connectivity index (χ4n) is 1.98. The van der Waals surface area contributed by atoms with Crippen LogP contribution >= 0.6 is 11.6 Å². The Kier molecular flexibility index (Phi) is 3.52. The highest BCUT2D eigenvalue weighted by atomic mass is 35.5. The molecule has 0 aliphatic carbocycles. The van der Waals surface area contributed by atoms with Crippen LogP contribution in [0.1, 0.15) is 18.6 Å². The maximum absolute atomic E-state index is 5.86. The van der Waals surface area contributed by atoms with Crippen molar-refractivity contribution in [2.45, 2.75) is 19.9 Å². The zero-order valence-corrected chi connectivity index (χ0v) is 11.7. The normalized spacial score (nSPS) is 10.9. The first-order valence-corrected chi connectivity index (χ1v) is 6.72. The van der Waals surface area contributed by atoms with E-state index in [9.17, 15) is 0 Å². The summed E-state index contributed by atoms with van der Waals surface area (Å²) in [6.07, 6.45) is 4.56. The molecule has 0 saturated heterocycles. The number of aromatic nitrogens is 4. The minimum atomic E-state index is 0.495. The summed E-state index contributed by atoms with van der Waals surface area (Å²) in [7, 11) is 0. The van der Waals surface area contributed by atoms with Crippen molar-refractivity contribution in [1.82, 2.24) is 19.7 Å². The van der Waals surface area contributed by atoms with Gasteiger partial charge in [0.1, 0.15) is 5.82 Å². The molecule has 0 fully saturated rings. The first-order valence-electron chi connectivity index (χ1n) is 6.35. The van der Waals surface area contributed by atoms with Gasteiger partial charge >= 0.3 is 0 Å². The second-order valence-corrected chi connectivity index (χ2v) is 4.78. The van der Waals surface area contributed by atoms with Crippen molar-refractivity contribution in [3.05, 3.63) is 53.3 Å². The van der Waals surface area contributed by atoms with Gasteiger partial charge in [0.15, 0.2) is 5.82 Å². The van der Waals surface area contributed by atoms with E-state index in [1.807, 2.05) is 22.9 Å². The first-order chi connectivity index (χ1) is 9.76. The van der Waals surface area contributed by atoms with Crippen molar-refractivity contribution in [3.63, 3.8) is 0 Å². The van der Waals surface area contributed by atoms with Crippen LogP contribution in [0.4, 0.5) is 0 Å². The predicted molar refractivity (Wildman–Crippen MR) is 75.5 cm³/mol. The molecule has 3 rings (SSSR count). The fourth-order valence-corrected chi connectivity index (χ4v) is 2.10. The van der Waals surface area contributed by atoms with Crippen molar-refractivity contribution >= 4 is 11.6 Å². The molecule has 0 radical (unpaired) electrons. The van der Waals surface area contributed by atoms with Crippen LogP contribution in [-0.2, 0) is 13.0 Å². The van der Waals surface area contributed by atoms with Crippen LogP contribution in [-0.4, -0.2) is 19.7 Å². The molecular weight excluding hydrogens is 276 g/mol. The molecule has 102 valence electrons. The van der Waals surface area contributed by atoms with Gasteiger partial charge in [-0.15, -0.1) is 0 Å². The number of rotatable bonds is 4. The van der Waals surface area contributed by atoms with Crippen LogP contribution in [0, 0.1) is 0 Å². The summed E-state index contributed by atoms with van der Waals surface area (Å²) in [5.74, 6) is 2.13. The van der Waals surface area contributed by atoms with Gasteiger partial charge in [-0.05, 0) is 24.3 Å². The van der Waals surface area contributed by atoms with Gasteiger partial charge < -0.3 is 9.09 Å². The lowest BCUT2D eigenvalue weighted by Crippen LogP contribution is -2.04. The molecular formula is C14H13ClN4O. The second kappa shape index (κ2) is 5.46. The van der Waals surface area contributed by atoms with Crippen LogP contribution in [0.5, 0.6) is 0 Å². The van der Waals surface area contributed by atoms with Crippen molar-refractivity contribution in [2.24, 2.45) is 0 Å². The minimum Gasteiger partial charge on any atom is -0.334 e. The first kappa shape index (κ1) is 12.9. The highest BCUT2D eigenvalue weighted by Gasteiger charge is 2.10. The standard InChI is InChI=1S/C14H13ClN4O/c1-2-13-16-7-8-19(13)9-12-17-14(20-18-12)10-3-5-11(15)6-4-10/h3-8H,2,9H2,1H3. The number of benzene rings is 1. The molecule has 0 bridgehead atoms. The number of aryl methyl sites for hydroxylation is 1. The summed E-state index contributed by atoms with van der Waals surface area (Å²) in [5.41, 5.74) is 0.856. The van der Waals surface area contributed by atoms with Gasteiger partial charge in [-0.1, -0.05) is 23.7 Å². The summed E-state index contributed by atoms with van der Waals surface area (Å²) in [6, 6.07) is 7.31. The van der Waals surface area contributed by atoms with Gasteiger partial charge in [0, 0.05) is 29.4 Å². The van der Waals surface area contributed by atoms with Crippen LogP contribution in [0.15, 0.2) is 41.2 Å². The van der Waals surface area contributed by atoms with E-state index in [1.165, 1.54) is 0 Å². The average molecular weight is 289 g/mol. The topological polar surface area (TPSA) is 56.7 Å². The van der Waals surface area contributed by atoms with E-state index in [2.05, 4.69) is 22.0 Å². The number of halogens is 1. The Labute approximate surface area is 121 Å². The van der Waals surface area contributed by atoms with E-state index < -0.39 is 0 Å². The van der Waals surface area contributed by atoms with Crippen LogP contribution < -0.4 is 0 Å². The molecule has 5 nitrogen and oxygen atoms in total. The van der Waals surface area contributed by atoms with Crippen molar-refractivity contribution < 1.29 is 4.52 Å². The van der Waals surface area contributed by atoms with E-state index in [4.69, 9.17) is 16.1 Å². The zero-order valence-electron chi connectivity index (χ0n) is 11.0. The molecule has 20 heavy (non-hydrogen) atoms. The summed E-state index contributed by atoms with van der Waals surface area (Å²) < 4.78 is 7.29. The largest absolute Gasteiger partial charge is 0.334 e. The number of nitrogens with zero attached hydrogens (tertiary/aromatic N) is 4. The highest BCUT2D eigenvalue weighted by molar-refractivity contribution is 6.30. The summed E-state index contributed by atoms with van der Waals surface area (Å²) in [4.78, 5) is 8.66. The molecule has 0 N–H and O–H groups in total. The smallest absolute Gasteiger partial charge is 0.257 e. The zero-order chi connectivity index (χ0) is 13.9. The summed E-state index contributed by atoms with van der Waals surface area (Å²) in [6.45, 7) is 2.62. The Hall–Kier alpha value is -2.14. The number of hydrogen-bond donors (Lipinski definition) is 0. The third kappa shape index (κ3) is 2.58. The van der Waals surface area contributed by atoms with Crippen molar-refractivity contribution in [2.75, 3.05) is 0 Å². The van der Waals surface area contributed by atoms with Gasteiger partial charge in [0.05, 0.1) is 6.54 Å².